The highest BCUT2D eigenvalue weighted by Gasteiger charge is 2.14. The fourth-order valence-corrected chi connectivity index (χ4v) is 1.47. The second-order valence-electron chi connectivity index (χ2n) is 4.17. The highest BCUT2D eigenvalue weighted by molar-refractivity contribution is 6.00. The quantitative estimate of drug-likeness (QED) is 0.614. The minimum absolute atomic E-state index is 0.0704. The molecule has 0 fully saturated rings. The van der Waals surface area contributed by atoms with Gasteiger partial charge >= 0.3 is 0 Å². The first-order valence-electron chi connectivity index (χ1n) is 5.46. The van der Waals surface area contributed by atoms with Gasteiger partial charge in [0.1, 0.15) is 0 Å². The maximum absolute atomic E-state index is 12.1. The zero-order chi connectivity index (χ0) is 13.0. The Morgan fingerprint density at radius 1 is 1.53 bits per heavy atom. The number of anilines is 2. The number of amides is 1. The molecule has 1 rings (SSSR count). The summed E-state index contributed by atoms with van der Waals surface area (Å²) in [6.07, 6.45) is 1.68. The van der Waals surface area contributed by atoms with Crippen molar-refractivity contribution in [1.29, 1.82) is 0 Å². The Hall–Kier alpha value is -1.97. The van der Waals surface area contributed by atoms with Gasteiger partial charge in [-0.2, -0.15) is 0 Å². The van der Waals surface area contributed by atoms with Gasteiger partial charge in [0.05, 0.1) is 5.56 Å². The SMILES string of the molecule is C=CC(C)NC(=O)c1cc(N)ccc1N(C)C. The third-order valence-electron chi connectivity index (χ3n) is 2.46. The van der Waals surface area contributed by atoms with E-state index in [0.717, 1.165) is 5.69 Å². The number of benzene rings is 1. The monoisotopic (exact) mass is 233 g/mol. The number of hydrogen-bond donors (Lipinski definition) is 2. The van der Waals surface area contributed by atoms with Crippen LogP contribution < -0.4 is 16.0 Å². The molecule has 0 aliphatic carbocycles. The molecule has 0 spiro atoms. The van der Waals surface area contributed by atoms with Crippen LogP contribution in [0.5, 0.6) is 0 Å². The van der Waals surface area contributed by atoms with Crippen LogP contribution in [-0.2, 0) is 0 Å². The standard InChI is InChI=1S/C13H19N3O/c1-5-9(2)15-13(17)11-8-10(14)6-7-12(11)16(3)4/h5-9H,1,14H2,2-4H3,(H,15,17). The van der Waals surface area contributed by atoms with E-state index in [2.05, 4.69) is 11.9 Å². The molecule has 92 valence electrons. The molecule has 0 saturated carbocycles. The van der Waals surface area contributed by atoms with E-state index >= 15 is 0 Å². The molecule has 17 heavy (non-hydrogen) atoms. The number of nitrogens with zero attached hydrogens (tertiary/aromatic N) is 1. The third kappa shape index (κ3) is 3.24. The average Bonchev–Trinajstić information content (AvgIpc) is 2.28. The van der Waals surface area contributed by atoms with E-state index in [0.29, 0.717) is 11.3 Å². The Bertz CT molecular complexity index is 427. The molecule has 4 nitrogen and oxygen atoms in total. The molecular weight excluding hydrogens is 214 g/mol. The van der Waals surface area contributed by atoms with E-state index in [4.69, 9.17) is 5.73 Å². The number of carbonyl (C=O) groups excluding carboxylic acids is 1. The van der Waals surface area contributed by atoms with Gasteiger partial charge in [-0.3, -0.25) is 4.79 Å². The molecule has 0 aliphatic rings. The topological polar surface area (TPSA) is 58.4 Å². The van der Waals surface area contributed by atoms with Crippen LogP contribution in [-0.4, -0.2) is 26.0 Å². The van der Waals surface area contributed by atoms with Crippen molar-refractivity contribution in [3.05, 3.63) is 36.4 Å². The average molecular weight is 233 g/mol. The van der Waals surface area contributed by atoms with Crippen LogP contribution >= 0.6 is 0 Å². The first kappa shape index (κ1) is 13.1. The van der Waals surface area contributed by atoms with Gasteiger partial charge in [-0.25, -0.2) is 0 Å². The Balaban J connectivity index is 3.06. The zero-order valence-electron chi connectivity index (χ0n) is 10.5. The summed E-state index contributed by atoms with van der Waals surface area (Å²) >= 11 is 0. The van der Waals surface area contributed by atoms with Gasteiger partial charge in [-0.1, -0.05) is 6.08 Å². The smallest absolute Gasteiger partial charge is 0.253 e. The van der Waals surface area contributed by atoms with Crippen LogP contribution in [0.2, 0.25) is 0 Å². The molecule has 1 aromatic rings. The fraction of sp³-hybridized carbons (Fsp3) is 0.308. The molecule has 3 N–H and O–H groups in total. The van der Waals surface area contributed by atoms with Crippen molar-refractivity contribution in [3.8, 4) is 0 Å². The van der Waals surface area contributed by atoms with Crippen molar-refractivity contribution in [2.45, 2.75) is 13.0 Å². The first-order chi connectivity index (χ1) is 7.95. The van der Waals surface area contributed by atoms with Crippen LogP contribution in [0.15, 0.2) is 30.9 Å². The van der Waals surface area contributed by atoms with Crippen LogP contribution in [0.3, 0.4) is 0 Å². The zero-order valence-corrected chi connectivity index (χ0v) is 10.5. The third-order valence-corrected chi connectivity index (χ3v) is 2.46. The maximum atomic E-state index is 12.1. The number of nitrogen functional groups attached to an aromatic ring is 1. The summed E-state index contributed by atoms with van der Waals surface area (Å²) < 4.78 is 0. The summed E-state index contributed by atoms with van der Waals surface area (Å²) in [7, 11) is 3.78. The maximum Gasteiger partial charge on any atom is 0.253 e. The van der Waals surface area contributed by atoms with Crippen molar-refractivity contribution >= 4 is 17.3 Å². The molecule has 4 heteroatoms. The van der Waals surface area contributed by atoms with E-state index in [-0.39, 0.29) is 11.9 Å². The van der Waals surface area contributed by atoms with Crippen molar-refractivity contribution in [2.75, 3.05) is 24.7 Å². The number of carbonyl (C=O) groups is 1. The Kier molecular flexibility index (Phi) is 4.15. The van der Waals surface area contributed by atoms with Gasteiger partial charge < -0.3 is 16.0 Å². The molecule has 0 saturated heterocycles. The summed E-state index contributed by atoms with van der Waals surface area (Å²) in [6, 6.07) is 5.23. The predicted molar refractivity (Wildman–Crippen MR) is 72.3 cm³/mol. The van der Waals surface area contributed by atoms with Crippen molar-refractivity contribution in [3.63, 3.8) is 0 Å². The lowest BCUT2D eigenvalue weighted by molar-refractivity contribution is 0.0947. The lowest BCUT2D eigenvalue weighted by Gasteiger charge is -2.18. The van der Waals surface area contributed by atoms with E-state index in [1.807, 2.05) is 32.0 Å². The molecule has 0 radical (unpaired) electrons. The van der Waals surface area contributed by atoms with Gasteiger partial charge in [0, 0.05) is 31.5 Å². The van der Waals surface area contributed by atoms with Gasteiger partial charge in [0.2, 0.25) is 0 Å². The molecule has 0 bridgehead atoms. The summed E-state index contributed by atoms with van der Waals surface area (Å²) in [4.78, 5) is 13.9. The van der Waals surface area contributed by atoms with E-state index in [1.165, 1.54) is 0 Å². The van der Waals surface area contributed by atoms with Crippen molar-refractivity contribution in [2.24, 2.45) is 0 Å². The van der Waals surface area contributed by atoms with Gasteiger partial charge in [-0.05, 0) is 25.1 Å². The molecule has 1 unspecified atom stereocenters. The lowest BCUT2D eigenvalue weighted by Crippen LogP contribution is -2.32. The van der Waals surface area contributed by atoms with Gasteiger partial charge in [0.15, 0.2) is 0 Å². The normalized spacial score (nSPS) is 11.7. The first-order valence-corrected chi connectivity index (χ1v) is 5.46. The Labute approximate surface area is 102 Å². The fourth-order valence-electron chi connectivity index (χ4n) is 1.47. The van der Waals surface area contributed by atoms with E-state index in [9.17, 15) is 4.79 Å². The molecule has 0 aromatic heterocycles. The highest BCUT2D eigenvalue weighted by Crippen LogP contribution is 2.21. The molecule has 0 heterocycles. The van der Waals surface area contributed by atoms with E-state index in [1.54, 1.807) is 18.2 Å². The largest absolute Gasteiger partial charge is 0.399 e. The predicted octanol–water partition coefficient (Wildman–Crippen LogP) is 1.64. The summed E-state index contributed by atoms with van der Waals surface area (Å²) in [5.41, 5.74) is 7.70. The minimum atomic E-state index is -0.145. The van der Waals surface area contributed by atoms with Crippen LogP contribution in [0.25, 0.3) is 0 Å². The molecule has 1 aromatic carbocycles. The number of hydrogen-bond acceptors (Lipinski definition) is 3. The summed E-state index contributed by atoms with van der Waals surface area (Å²) in [6.45, 7) is 5.50. The molecule has 1 amide bonds. The molecule has 0 aliphatic heterocycles. The second-order valence-corrected chi connectivity index (χ2v) is 4.17. The number of rotatable bonds is 4. The second kappa shape index (κ2) is 5.39. The molecule has 1 atom stereocenters. The minimum Gasteiger partial charge on any atom is -0.399 e. The Morgan fingerprint density at radius 2 is 2.18 bits per heavy atom. The van der Waals surface area contributed by atoms with Crippen LogP contribution in [0.1, 0.15) is 17.3 Å². The number of nitrogens with two attached hydrogens (primary N) is 1. The van der Waals surface area contributed by atoms with Crippen molar-refractivity contribution < 1.29 is 4.79 Å². The summed E-state index contributed by atoms with van der Waals surface area (Å²) in [5.74, 6) is -0.145. The van der Waals surface area contributed by atoms with Crippen LogP contribution in [0.4, 0.5) is 11.4 Å². The van der Waals surface area contributed by atoms with Gasteiger partial charge in [-0.15, -0.1) is 6.58 Å². The van der Waals surface area contributed by atoms with Crippen molar-refractivity contribution in [1.82, 2.24) is 5.32 Å². The van der Waals surface area contributed by atoms with Gasteiger partial charge in [0.25, 0.3) is 5.91 Å². The summed E-state index contributed by atoms with van der Waals surface area (Å²) in [5, 5.41) is 2.83. The Morgan fingerprint density at radius 3 is 2.71 bits per heavy atom. The van der Waals surface area contributed by atoms with Crippen LogP contribution in [0, 0.1) is 0 Å². The lowest BCUT2D eigenvalue weighted by atomic mass is 10.1. The highest BCUT2D eigenvalue weighted by atomic mass is 16.1. The molecular formula is C13H19N3O. The van der Waals surface area contributed by atoms with E-state index < -0.39 is 0 Å². The number of nitrogens with one attached hydrogen (secondary N) is 1.